The summed E-state index contributed by atoms with van der Waals surface area (Å²) >= 11 is 6.15. The molecule has 0 spiro atoms. The van der Waals surface area contributed by atoms with E-state index in [1.807, 2.05) is 37.3 Å². The Morgan fingerprint density at radius 1 is 0.909 bits per heavy atom. The number of halogens is 1. The zero-order valence-corrected chi connectivity index (χ0v) is 19.0. The Morgan fingerprint density at radius 2 is 1.64 bits per heavy atom. The van der Waals surface area contributed by atoms with Crippen molar-refractivity contribution in [2.24, 2.45) is 0 Å². The minimum absolute atomic E-state index is 0.0233. The van der Waals surface area contributed by atoms with Crippen molar-refractivity contribution >= 4 is 34.2 Å². The molecule has 1 atom stereocenters. The van der Waals surface area contributed by atoms with Gasteiger partial charge in [0.05, 0.1) is 31.2 Å². The first-order valence-corrected chi connectivity index (χ1v) is 10.7. The maximum absolute atomic E-state index is 13.7. The number of amides is 1. The monoisotopic (exact) mass is 461 g/mol. The molecule has 0 saturated carbocycles. The molecule has 33 heavy (non-hydrogen) atoms. The summed E-state index contributed by atoms with van der Waals surface area (Å²) in [6.45, 7) is 1.97. The SMILES string of the molecule is COc1ccc(C2c3c(oc4ccc(Cl)cc4c3=O)C(=O)N2c2ccc(C)cc2)cc1OC. The van der Waals surface area contributed by atoms with Gasteiger partial charge in [-0.05, 0) is 55.0 Å². The molecule has 0 radical (unpaired) electrons. The molecule has 0 aliphatic carbocycles. The van der Waals surface area contributed by atoms with Crippen LogP contribution in [-0.2, 0) is 0 Å². The predicted octanol–water partition coefficient (Wildman–Crippen LogP) is 5.52. The van der Waals surface area contributed by atoms with Crippen LogP contribution < -0.4 is 19.8 Å². The number of nitrogens with zero attached hydrogens (tertiary/aromatic N) is 1. The van der Waals surface area contributed by atoms with E-state index in [4.69, 9.17) is 25.5 Å². The van der Waals surface area contributed by atoms with Crippen molar-refractivity contribution in [1.82, 2.24) is 0 Å². The lowest BCUT2D eigenvalue weighted by Crippen LogP contribution is -2.29. The summed E-state index contributed by atoms with van der Waals surface area (Å²) in [7, 11) is 3.09. The van der Waals surface area contributed by atoms with Gasteiger partial charge in [0.25, 0.3) is 5.91 Å². The van der Waals surface area contributed by atoms with Crippen LogP contribution >= 0.6 is 11.6 Å². The quantitative estimate of drug-likeness (QED) is 0.400. The molecule has 166 valence electrons. The molecule has 1 aliphatic heterocycles. The third-order valence-electron chi connectivity index (χ3n) is 5.87. The summed E-state index contributed by atoms with van der Waals surface area (Å²) in [6.07, 6.45) is 0. The molecule has 3 aromatic carbocycles. The predicted molar refractivity (Wildman–Crippen MR) is 127 cm³/mol. The van der Waals surface area contributed by atoms with Gasteiger partial charge < -0.3 is 13.9 Å². The lowest BCUT2D eigenvalue weighted by atomic mass is 9.97. The van der Waals surface area contributed by atoms with Gasteiger partial charge in [0.1, 0.15) is 5.58 Å². The van der Waals surface area contributed by atoms with E-state index < -0.39 is 6.04 Å². The van der Waals surface area contributed by atoms with Crippen molar-refractivity contribution in [3.63, 3.8) is 0 Å². The summed E-state index contributed by atoms with van der Waals surface area (Å²) in [5.74, 6) is 0.677. The number of benzene rings is 3. The molecule has 5 rings (SSSR count). The van der Waals surface area contributed by atoms with Crippen LogP contribution in [0.15, 0.2) is 69.9 Å². The van der Waals surface area contributed by atoms with Crippen LogP contribution in [0.3, 0.4) is 0 Å². The van der Waals surface area contributed by atoms with E-state index in [0.717, 1.165) is 5.56 Å². The van der Waals surface area contributed by atoms with Crippen LogP contribution in [0.5, 0.6) is 11.5 Å². The van der Waals surface area contributed by atoms with Gasteiger partial charge in [-0.2, -0.15) is 0 Å². The van der Waals surface area contributed by atoms with Gasteiger partial charge in [-0.1, -0.05) is 35.4 Å². The molecule has 2 heterocycles. The molecule has 7 heteroatoms. The maximum atomic E-state index is 13.7. The number of hydrogen-bond acceptors (Lipinski definition) is 5. The second kappa shape index (κ2) is 7.98. The van der Waals surface area contributed by atoms with Crippen molar-refractivity contribution in [2.45, 2.75) is 13.0 Å². The average Bonchev–Trinajstić information content (AvgIpc) is 3.12. The van der Waals surface area contributed by atoms with Gasteiger partial charge in [-0.25, -0.2) is 0 Å². The first-order chi connectivity index (χ1) is 15.9. The maximum Gasteiger partial charge on any atom is 0.295 e. The van der Waals surface area contributed by atoms with Crippen molar-refractivity contribution in [2.75, 3.05) is 19.1 Å². The number of anilines is 1. The number of rotatable bonds is 4. The number of carbonyl (C=O) groups excluding carboxylic acids is 1. The van der Waals surface area contributed by atoms with E-state index in [1.165, 1.54) is 7.11 Å². The van der Waals surface area contributed by atoms with Gasteiger partial charge in [0, 0.05) is 10.7 Å². The Hall–Kier alpha value is -3.77. The number of ether oxygens (including phenoxy) is 2. The van der Waals surface area contributed by atoms with Crippen LogP contribution in [0.25, 0.3) is 11.0 Å². The van der Waals surface area contributed by atoms with Crippen LogP contribution in [0, 0.1) is 6.92 Å². The van der Waals surface area contributed by atoms with Gasteiger partial charge in [-0.15, -0.1) is 0 Å². The zero-order chi connectivity index (χ0) is 23.3. The van der Waals surface area contributed by atoms with Gasteiger partial charge in [-0.3, -0.25) is 14.5 Å². The van der Waals surface area contributed by atoms with Crippen molar-refractivity contribution in [1.29, 1.82) is 0 Å². The van der Waals surface area contributed by atoms with Crippen molar-refractivity contribution in [3.05, 3.63) is 98.4 Å². The standard InChI is InChI=1S/C26H20ClNO5/c1-14-4-8-17(9-5-14)28-23(15-6-10-20(31-2)21(12-15)32-3)22-24(29)18-13-16(27)7-11-19(18)33-25(22)26(28)30/h4-13,23H,1-3H3. The Bertz CT molecular complexity index is 1460. The number of fused-ring (bicyclic) bond motifs is 2. The van der Waals surface area contributed by atoms with E-state index in [2.05, 4.69) is 0 Å². The lowest BCUT2D eigenvalue weighted by molar-refractivity contribution is 0.0971. The van der Waals surface area contributed by atoms with Gasteiger partial charge in [0.2, 0.25) is 5.76 Å². The summed E-state index contributed by atoms with van der Waals surface area (Å²) < 4.78 is 16.8. The summed E-state index contributed by atoms with van der Waals surface area (Å²) in [5.41, 5.74) is 2.68. The summed E-state index contributed by atoms with van der Waals surface area (Å²) in [5, 5.41) is 0.738. The zero-order valence-electron chi connectivity index (χ0n) is 18.2. The number of carbonyl (C=O) groups is 1. The van der Waals surface area contributed by atoms with Gasteiger partial charge in [0.15, 0.2) is 16.9 Å². The Balaban J connectivity index is 1.81. The van der Waals surface area contributed by atoms with E-state index in [-0.39, 0.29) is 22.7 Å². The minimum Gasteiger partial charge on any atom is -0.493 e. The molecule has 0 fully saturated rings. The Labute approximate surface area is 194 Å². The first-order valence-electron chi connectivity index (χ1n) is 10.3. The normalized spacial score (nSPS) is 15.1. The fourth-order valence-electron chi connectivity index (χ4n) is 4.26. The van der Waals surface area contributed by atoms with Crippen molar-refractivity contribution in [3.8, 4) is 11.5 Å². The topological polar surface area (TPSA) is 69.0 Å². The number of aryl methyl sites for hydroxylation is 1. The smallest absolute Gasteiger partial charge is 0.295 e. The highest BCUT2D eigenvalue weighted by Gasteiger charge is 2.44. The molecular formula is C26H20ClNO5. The molecule has 6 nitrogen and oxygen atoms in total. The molecule has 1 aromatic heterocycles. The summed E-state index contributed by atoms with van der Waals surface area (Å²) in [6, 6.07) is 17.0. The van der Waals surface area contributed by atoms with E-state index >= 15 is 0 Å². The van der Waals surface area contributed by atoms with Crippen LogP contribution in [0.2, 0.25) is 5.02 Å². The highest BCUT2D eigenvalue weighted by atomic mass is 35.5. The number of hydrogen-bond donors (Lipinski definition) is 0. The second-order valence-corrected chi connectivity index (χ2v) is 8.28. The summed E-state index contributed by atoms with van der Waals surface area (Å²) in [4.78, 5) is 28.9. The number of methoxy groups -OCH3 is 2. The molecule has 1 amide bonds. The molecule has 0 N–H and O–H groups in total. The first kappa shape index (κ1) is 21.1. The molecule has 4 aromatic rings. The third-order valence-corrected chi connectivity index (χ3v) is 6.10. The van der Waals surface area contributed by atoms with E-state index in [1.54, 1.807) is 42.3 Å². The molecule has 1 unspecified atom stereocenters. The fourth-order valence-corrected chi connectivity index (χ4v) is 4.43. The fraction of sp³-hybridized carbons (Fsp3) is 0.154. The van der Waals surface area contributed by atoms with Crippen LogP contribution in [0.4, 0.5) is 5.69 Å². The second-order valence-electron chi connectivity index (χ2n) is 7.84. The van der Waals surface area contributed by atoms with Crippen LogP contribution in [-0.4, -0.2) is 20.1 Å². The van der Waals surface area contributed by atoms with Crippen LogP contribution in [0.1, 0.15) is 33.3 Å². The Morgan fingerprint density at radius 3 is 2.33 bits per heavy atom. The van der Waals surface area contributed by atoms with E-state index in [0.29, 0.717) is 38.7 Å². The third kappa shape index (κ3) is 3.34. The molecule has 0 saturated heterocycles. The molecule has 0 bridgehead atoms. The lowest BCUT2D eigenvalue weighted by Gasteiger charge is -2.26. The van der Waals surface area contributed by atoms with Crippen molar-refractivity contribution < 1.29 is 18.7 Å². The van der Waals surface area contributed by atoms with E-state index in [9.17, 15) is 9.59 Å². The average molecular weight is 462 g/mol. The molecule has 1 aliphatic rings. The highest BCUT2D eigenvalue weighted by molar-refractivity contribution is 6.31. The van der Waals surface area contributed by atoms with Gasteiger partial charge >= 0.3 is 0 Å². The highest BCUT2D eigenvalue weighted by Crippen LogP contribution is 2.43. The molecular weight excluding hydrogens is 442 g/mol. The largest absolute Gasteiger partial charge is 0.493 e. The minimum atomic E-state index is -0.713. The Kier molecular flexibility index (Phi) is 5.10.